The van der Waals surface area contributed by atoms with Crippen LogP contribution in [0.2, 0.25) is 0 Å². The predicted molar refractivity (Wildman–Crippen MR) is 72.5 cm³/mol. The van der Waals surface area contributed by atoms with E-state index in [9.17, 15) is 0 Å². The Labute approximate surface area is 107 Å². The summed E-state index contributed by atoms with van der Waals surface area (Å²) in [6.45, 7) is 4.59. The second-order valence-electron chi connectivity index (χ2n) is 4.22. The molecule has 0 spiro atoms. The molecule has 3 heteroatoms. The summed E-state index contributed by atoms with van der Waals surface area (Å²) in [7, 11) is 0. The van der Waals surface area contributed by atoms with Crippen LogP contribution in [-0.4, -0.2) is 11.2 Å². The predicted octanol–water partition coefficient (Wildman–Crippen LogP) is 3.25. The molecule has 1 aromatic heterocycles. The molecule has 18 heavy (non-hydrogen) atoms. The average molecular weight is 240 g/mol. The van der Waals surface area contributed by atoms with E-state index in [4.69, 9.17) is 4.84 Å². The molecular formula is C15H16N2O. The first kappa shape index (κ1) is 12.3. The van der Waals surface area contributed by atoms with Crippen LogP contribution in [0.4, 0.5) is 0 Å². The number of benzene rings is 1. The van der Waals surface area contributed by atoms with Gasteiger partial charge in [0.15, 0.2) is 0 Å². The first-order valence-electron chi connectivity index (χ1n) is 5.87. The summed E-state index contributed by atoms with van der Waals surface area (Å²) < 4.78 is 0. The van der Waals surface area contributed by atoms with Crippen molar-refractivity contribution in [3.63, 3.8) is 0 Å². The van der Waals surface area contributed by atoms with Crippen molar-refractivity contribution in [1.29, 1.82) is 0 Å². The van der Waals surface area contributed by atoms with Crippen LogP contribution in [0.1, 0.15) is 22.3 Å². The van der Waals surface area contributed by atoms with Crippen LogP contribution in [0, 0.1) is 13.8 Å². The van der Waals surface area contributed by atoms with E-state index in [0.717, 1.165) is 11.1 Å². The number of aryl methyl sites for hydroxylation is 2. The van der Waals surface area contributed by atoms with Crippen LogP contribution >= 0.6 is 0 Å². The van der Waals surface area contributed by atoms with Crippen molar-refractivity contribution in [1.82, 2.24) is 4.98 Å². The number of hydrogen-bond donors (Lipinski definition) is 0. The standard InChI is InChI=1S/C15H16N2O/c1-12-3-4-13(2)15(9-12)10-17-18-11-14-5-7-16-8-6-14/h3-10H,11H2,1-2H3/b17-10+. The summed E-state index contributed by atoms with van der Waals surface area (Å²) in [5.74, 6) is 0. The minimum Gasteiger partial charge on any atom is -0.391 e. The molecule has 92 valence electrons. The van der Waals surface area contributed by atoms with Gasteiger partial charge in [-0.05, 0) is 42.7 Å². The van der Waals surface area contributed by atoms with E-state index in [1.807, 2.05) is 12.1 Å². The van der Waals surface area contributed by atoms with Gasteiger partial charge in [-0.1, -0.05) is 28.9 Å². The fourth-order valence-corrected chi connectivity index (χ4v) is 1.58. The van der Waals surface area contributed by atoms with E-state index in [1.54, 1.807) is 18.6 Å². The van der Waals surface area contributed by atoms with Gasteiger partial charge >= 0.3 is 0 Å². The van der Waals surface area contributed by atoms with Gasteiger partial charge in [0.25, 0.3) is 0 Å². The smallest absolute Gasteiger partial charge is 0.142 e. The second kappa shape index (κ2) is 5.96. The SMILES string of the molecule is Cc1ccc(C)c(/C=N/OCc2ccncc2)c1. The fraction of sp³-hybridized carbons (Fsp3) is 0.200. The first-order valence-corrected chi connectivity index (χ1v) is 5.87. The lowest BCUT2D eigenvalue weighted by Crippen LogP contribution is -1.91. The summed E-state index contributed by atoms with van der Waals surface area (Å²) in [4.78, 5) is 9.21. The molecule has 3 nitrogen and oxygen atoms in total. The van der Waals surface area contributed by atoms with E-state index >= 15 is 0 Å². The Morgan fingerprint density at radius 2 is 1.94 bits per heavy atom. The van der Waals surface area contributed by atoms with Gasteiger partial charge in [0.2, 0.25) is 0 Å². The molecule has 1 aromatic carbocycles. The highest BCUT2D eigenvalue weighted by molar-refractivity contribution is 5.81. The number of pyridine rings is 1. The third-order valence-electron chi connectivity index (χ3n) is 2.68. The van der Waals surface area contributed by atoms with Gasteiger partial charge in [0.1, 0.15) is 6.61 Å². The first-order chi connectivity index (χ1) is 8.75. The minimum atomic E-state index is 0.462. The topological polar surface area (TPSA) is 34.5 Å². The quantitative estimate of drug-likeness (QED) is 0.607. The molecule has 2 rings (SSSR count). The van der Waals surface area contributed by atoms with Gasteiger partial charge in [-0.2, -0.15) is 0 Å². The van der Waals surface area contributed by atoms with Crippen LogP contribution in [0.3, 0.4) is 0 Å². The minimum absolute atomic E-state index is 0.462. The highest BCUT2D eigenvalue weighted by atomic mass is 16.6. The highest BCUT2D eigenvalue weighted by Gasteiger charge is 1.95. The highest BCUT2D eigenvalue weighted by Crippen LogP contribution is 2.08. The lowest BCUT2D eigenvalue weighted by atomic mass is 10.1. The number of nitrogens with zero attached hydrogens (tertiary/aromatic N) is 2. The van der Waals surface area contributed by atoms with E-state index in [1.165, 1.54) is 11.1 Å². The van der Waals surface area contributed by atoms with E-state index in [0.29, 0.717) is 6.61 Å². The van der Waals surface area contributed by atoms with Crippen molar-refractivity contribution in [2.24, 2.45) is 5.16 Å². The molecule has 0 aliphatic heterocycles. The van der Waals surface area contributed by atoms with Gasteiger partial charge in [-0.15, -0.1) is 0 Å². The second-order valence-corrected chi connectivity index (χ2v) is 4.22. The van der Waals surface area contributed by atoms with Crippen LogP contribution in [0.15, 0.2) is 47.9 Å². The Hall–Kier alpha value is -2.16. The molecule has 0 aliphatic rings. The van der Waals surface area contributed by atoms with Gasteiger partial charge in [0, 0.05) is 12.4 Å². The van der Waals surface area contributed by atoms with E-state index in [2.05, 4.69) is 42.2 Å². The molecule has 0 aliphatic carbocycles. The molecule has 0 amide bonds. The van der Waals surface area contributed by atoms with Crippen molar-refractivity contribution in [3.8, 4) is 0 Å². The van der Waals surface area contributed by atoms with Crippen molar-refractivity contribution < 1.29 is 4.84 Å². The van der Waals surface area contributed by atoms with Crippen LogP contribution in [0.25, 0.3) is 0 Å². The monoisotopic (exact) mass is 240 g/mol. The Balaban J connectivity index is 1.94. The van der Waals surface area contributed by atoms with Gasteiger partial charge < -0.3 is 4.84 Å². The Bertz CT molecular complexity index is 535. The Morgan fingerprint density at radius 3 is 2.72 bits per heavy atom. The molecule has 0 unspecified atom stereocenters. The van der Waals surface area contributed by atoms with Gasteiger partial charge in [-0.25, -0.2) is 0 Å². The molecule has 0 bridgehead atoms. The molecule has 0 saturated heterocycles. The van der Waals surface area contributed by atoms with Crippen molar-refractivity contribution in [2.45, 2.75) is 20.5 Å². The zero-order valence-corrected chi connectivity index (χ0v) is 10.6. The summed E-state index contributed by atoms with van der Waals surface area (Å²) in [5.41, 5.74) is 4.56. The number of rotatable bonds is 4. The molecule has 0 radical (unpaired) electrons. The molecule has 0 atom stereocenters. The zero-order valence-electron chi connectivity index (χ0n) is 10.6. The van der Waals surface area contributed by atoms with Crippen LogP contribution < -0.4 is 0 Å². The van der Waals surface area contributed by atoms with Crippen LogP contribution in [-0.2, 0) is 11.4 Å². The van der Waals surface area contributed by atoms with E-state index in [-0.39, 0.29) is 0 Å². The molecule has 1 heterocycles. The maximum Gasteiger partial charge on any atom is 0.142 e. The maximum atomic E-state index is 5.26. The lowest BCUT2D eigenvalue weighted by molar-refractivity contribution is 0.132. The largest absolute Gasteiger partial charge is 0.391 e. The lowest BCUT2D eigenvalue weighted by Gasteiger charge is -2.02. The maximum absolute atomic E-state index is 5.26. The third kappa shape index (κ3) is 3.42. The normalized spacial score (nSPS) is 10.8. The van der Waals surface area contributed by atoms with Crippen molar-refractivity contribution in [3.05, 3.63) is 65.0 Å². The third-order valence-corrected chi connectivity index (χ3v) is 2.68. The van der Waals surface area contributed by atoms with Crippen LogP contribution in [0.5, 0.6) is 0 Å². The molecule has 0 saturated carbocycles. The summed E-state index contributed by atoms with van der Waals surface area (Å²) in [6.07, 6.45) is 5.24. The number of hydrogen-bond acceptors (Lipinski definition) is 3. The van der Waals surface area contributed by atoms with Gasteiger partial charge in [0.05, 0.1) is 6.21 Å². The van der Waals surface area contributed by atoms with Crippen molar-refractivity contribution in [2.75, 3.05) is 0 Å². The average Bonchev–Trinajstić information content (AvgIpc) is 2.40. The zero-order chi connectivity index (χ0) is 12.8. The summed E-state index contributed by atoms with van der Waals surface area (Å²) in [6, 6.07) is 10.1. The molecule has 0 N–H and O–H groups in total. The molecular weight excluding hydrogens is 224 g/mol. The summed E-state index contributed by atoms with van der Waals surface area (Å²) in [5, 5.41) is 3.99. The van der Waals surface area contributed by atoms with Gasteiger partial charge in [-0.3, -0.25) is 4.98 Å². The molecule has 2 aromatic rings. The van der Waals surface area contributed by atoms with Crippen molar-refractivity contribution >= 4 is 6.21 Å². The number of aromatic nitrogens is 1. The Kier molecular flexibility index (Phi) is 4.07. The Morgan fingerprint density at radius 1 is 1.17 bits per heavy atom. The number of oxime groups is 1. The fourth-order valence-electron chi connectivity index (χ4n) is 1.58. The summed E-state index contributed by atoms with van der Waals surface area (Å²) >= 11 is 0. The molecule has 0 fully saturated rings. The van der Waals surface area contributed by atoms with E-state index < -0.39 is 0 Å².